The Morgan fingerprint density at radius 3 is 2.48 bits per heavy atom. The van der Waals surface area contributed by atoms with Crippen molar-refractivity contribution in [2.24, 2.45) is 11.7 Å². The molecule has 1 fully saturated rings. The Morgan fingerprint density at radius 2 is 1.90 bits per heavy atom. The fourth-order valence-electron chi connectivity index (χ4n) is 3.51. The molecule has 1 unspecified atom stereocenters. The topological polar surface area (TPSA) is 122 Å². The zero-order valence-corrected chi connectivity index (χ0v) is 18.2. The number of amides is 2. The lowest BCUT2D eigenvalue weighted by Gasteiger charge is -2.27. The van der Waals surface area contributed by atoms with E-state index in [0.29, 0.717) is 19.5 Å². The van der Waals surface area contributed by atoms with Crippen molar-refractivity contribution in [2.45, 2.75) is 57.0 Å². The number of carbonyl (C=O) groups excluding carboxylic acids is 2. The van der Waals surface area contributed by atoms with E-state index >= 15 is 0 Å². The summed E-state index contributed by atoms with van der Waals surface area (Å²) in [5.74, 6) is -0.654. The smallest absolute Gasteiger partial charge is 0.243 e. The predicted molar refractivity (Wildman–Crippen MR) is 112 cm³/mol. The summed E-state index contributed by atoms with van der Waals surface area (Å²) in [5.41, 5.74) is 6.10. The summed E-state index contributed by atoms with van der Waals surface area (Å²) in [5, 5.41) is 5.74. The van der Waals surface area contributed by atoms with Gasteiger partial charge in [0, 0.05) is 19.1 Å². The van der Waals surface area contributed by atoms with Gasteiger partial charge in [0.05, 0.1) is 17.5 Å². The summed E-state index contributed by atoms with van der Waals surface area (Å²) in [6.45, 7) is 6.53. The third kappa shape index (κ3) is 6.52. The van der Waals surface area contributed by atoms with E-state index in [1.807, 2.05) is 20.8 Å². The average Bonchev–Trinajstić information content (AvgIpc) is 3.12. The first-order chi connectivity index (χ1) is 13.6. The minimum atomic E-state index is -3.59. The maximum absolute atomic E-state index is 13.1. The minimum Gasteiger partial charge on any atom is -0.368 e. The first-order valence-electron chi connectivity index (χ1n) is 9.99. The zero-order chi connectivity index (χ0) is 21.6. The number of nitrogens with two attached hydrogens (primary N) is 1. The number of carbonyl (C=O) groups is 2. The van der Waals surface area contributed by atoms with E-state index in [1.165, 1.54) is 4.31 Å². The molecule has 9 heteroatoms. The highest BCUT2D eigenvalue weighted by Crippen LogP contribution is 2.26. The summed E-state index contributed by atoms with van der Waals surface area (Å²) in [6, 6.07) is 6.10. The third-order valence-electron chi connectivity index (χ3n) is 5.01. The highest BCUT2D eigenvalue weighted by Gasteiger charge is 2.35. The number of hydrogen-bond donors (Lipinski definition) is 3. The lowest BCUT2D eigenvalue weighted by molar-refractivity contribution is -0.126. The molecule has 1 aliphatic heterocycles. The van der Waals surface area contributed by atoms with Crippen LogP contribution in [-0.4, -0.2) is 56.3 Å². The van der Waals surface area contributed by atoms with E-state index in [2.05, 4.69) is 10.6 Å². The Balaban J connectivity index is 2.06. The van der Waals surface area contributed by atoms with Crippen molar-refractivity contribution in [3.8, 4) is 0 Å². The highest BCUT2D eigenvalue weighted by molar-refractivity contribution is 7.89. The molecule has 1 aliphatic rings. The van der Waals surface area contributed by atoms with Crippen LogP contribution in [0.5, 0.6) is 0 Å². The van der Waals surface area contributed by atoms with E-state index in [0.717, 1.165) is 18.4 Å². The summed E-state index contributed by atoms with van der Waals surface area (Å²) in [4.78, 5) is 23.6. The molecule has 0 radical (unpaired) electrons. The van der Waals surface area contributed by atoms with E-state index in [1.54, 1.807) is 24.3 Å². The van der Waals surface area contributed by atoms with Crippen LogP contribution >= 0.6 is 0 Å². The van der Waals surface area contributed by atoms with Gasteiger partial charge in [0.1, 0.15) is 0 Å². The first-order valence-corrected chi connectivity index (χ1v) is 11.4. The zero-order valence-electron chi connectivity index (χ0n) is 17.3. The second-order valence-corrected chi connectivity index (χ2v) is 9.89. The molecule has 8 nitrogen and oxygen atoms in total. The van der Waals surface area contributed by atoms with E-state index in [9.17, 15) is 18.0 Å². The number of primary amides is 1. The molecule has 2 amide bonds. The molecule has 29 heavy (non-hydrogen) atoms. The molecule has 0 saturated carbocycles. The van der Waals surface area contributed by atoms with Crippen LogP contribution in [0.25, 0.3) is 0 Å². The van der Waals surface area contributed by atoms with E-state index in [-0.39, 0.29) is 29.3 Å². The molecule has 1 heterocycles. The largest absolute Gasteiger partial charge is 0.368 e. The van der Waals surface area contributed by atoms with Gasteiger partial charge >= 0.3 is 0 Å². The van der Waals surface area contributed by atoms with Crippen molar-refractivity contribution in [2.75, 3.05) is 19.6 Å². The molecule has 0 bridgehead atoms. The van der Waals surface area contributed by atoms with Crippen LogP contribution < -0.4 is 16.4 Å². The number of sulfonamides is 1. The van der Waals surface area contributed by atoms with Crippen LogP contribution in [0.15, 0.2) is 29.2 Å². The van der Waals surface area contributed by atoms with Gasteiger partial charge in [-0.1, -0.05) is 31.5 Å². The summed E-state index contributed by atoms with van der Waals surface area (Å²) in [6.07, 6.45) is 2.08. The number of aryl methyl sites for hydroxylation is 1. The fraction of sp³-hybridized carbons (Fsp3) is 0.600. The summed E-state index contributed by atoms with van der Waals surface area (Å²) < 4.78 is 27.6. The van der Waals surface area contributed by atoms with E-state index < -0.39 is 22.0 Å². The molecular formula is C20H32N4O4S. The first kappa shape index (κ1) is 23.3. The Labute approximate surface area is 173 Å². The van der Waals surface area contributed by atoms with Crippen LogP contribution in [0.1, 0.15) is 38.7 Å². The molecule has 2 atom stereocenters. The predicted octanol–water partition coefficient (Wildman–Crippen LogP) is 0.754. The van der Waals surface area contributed by atoms with Crippen LogP contribution in [0, 0.1) is 12.8 Å². The summed E-state index contributed by atoms with van der Waals surface area (Å²) >= 11 is 0. The van der Waals surface area contributed by atoms with Crippen LogP contribution in [0.2, 0.25) is 0 Å². The SMILES string of the molecule is Cc1ccc(S(=O)(=O)N2CCCC2CN[C@@H](CC(C)C)C(=O)NCC(N)=O)cc1. The lowest BCUT2D eigenvalue weighted by atomic mass is 10.0. The summed E-state index contributed by atoms with van der Waals surface area (Å²) in [7, 11) is -3.59. The van der Waals surface area contributed by atoms with Crippen molar-refractivity contribution < 1.29 is 18.0 Å². The standard InChI is InChI=1S/C20H32N4O4S/c1-14(2)11-18(20(26)23-13-19(21)25)22-12-16-5-4-10-24(16)29(27,28)17-8-6-15(3)7-9-17/h6-9,14,16,18,22H,4-5,10-13H2,1-3H3,(H2,21,25)(H,23,26)/t16?,18-/m0/s1. The Morgan fingerprint density at radius 1 is 1.24 bits per heavy atom. The number of nitrogens with zero attached hydrogens (tertiary/aromatic N) is 1. The Kier molecular flexibility index (Phi) is 8.18. The number of hydrogen-bond acceptors (Lipinski definition) is 5. The average molecular weight is 425 g/mol. The third-order valence-corrected chi connectivity index (χ3v) is 6.98. The number of nitrogens with one attached hydrogen (secondary N) is 2. The van der Waals surface area contributed by atoms with Gasteiger partial charge in [0.2, 0.25) is 21.8 Å². The van der Waals surface area contributed by atoms with Crippen LogP contribution in [0.3, 0.4) is 0 Å². The highest BCUT2D eigenvalue weighted by atomic mass is 32.2. The number of rotatable bonds is 10. The quantitative estimate of drug-likeness (QED) is 0.512. The Bertz CT molecular complexity index is 808. The fourth-order valence-corrected chi connectivity index (χ4v) is 5.20. The van der Waals surface area contributed by atoms with Crippen molar-refractivity contribution in [3.63, 3.8) is 0 Å². The monoisotopic (exact) mass is 424 g/mol. The van der Waals surface area contributed by atoms with E-state index in [4.69, 9.17) is 5.73 Å². The van der Waals surface area contributed by atoms with Gasteiger partial charge in [-0.15, -0.1) is 0 Å². The van der Waals surface area contributed by atoms with Gasteiger partial charge in [-0.2, -0.15) is 4.31 Å². The molecule has 162 valence electrons. The van der Waals surface area contributed by atoms with Crippen molar-refractivity contribution >= 4 is 21.8 Å². The maximum atomic E-state index is 13.1. The normalized spacial score (nSPS) is 18.7. The van der Waals surface area contributed by atoms with Crippen molar-refractivity contribution in [1.82, 2.24) is 14.9 Å². The second-order valence-electron chi connectivity index (χ2n) is 8.00. The molecule has 1 saturated heterocycles. The molecule has 0 aromatic heterocycles. The minimum absolute atomic E-state index is 0.216. The van der Waals surface area contributed by atoms with Crippen LogP contribution in [-0.2, 0) is 19.6 Å². The van der Waals surface area contributed by atoms with Gasteiger partial charge in [0.15, 0.2) is 0 Å². The van der Waals surface area contributed by atoms with Gasteiger partial charge in [-0.05, 0) is 44.2 Å². The lowest BCUT2D eigenvalue weighted by Crippen LogP contribution is -2.51. The molecule has 4 N–H and O–H groups in total. The molecule has 0 aliphatic carbocycles. The molecule has 0 spiro atoms. The van der Waals surface area contributed by atoms with Crippen molar-refractivity contribution in [3.05, 3.63) is 29.8 Å². The Hall–Kier alpha value is -1.97. The van der Waals surface area contributed by atoms with Gasteiger partial charge < -0.3 is 16.4 Å². The molecule has 1 aromatic rings. The van der Waals surface area contributed by atoms with Crippen LogP contribution in [0.4, 0.5) is 0 Å². The second kappa shape index (κ2) is 10.2. The van der Waals surface area contributed by atoms with Gasteiger partial charge in [-0.3, -0.25) is 9.59 Å². The van der Waals surface area contributed by atoms with Gasteiger partial charge in [-0.25, -0.2) is 8.42 Å². The molecule has 2 rings (SSSR count). The van der Waals surface area contributed by atoms with Crippen molar-refractivity contribution in [1.29, 1.82) is 0 Å². The van der Waals surface area contributed by atoms with Gasteiger partial charge in [0.25, 0.3) is 0 Å². The maximum Gasteiger partial charge on any atom is 0.243 e. The number of benzene rings is 1. The molecule has 1 aromatic carbocycles. The molecular weight excluding hydrogens is 392 g/mol.